The summed E-state index contributed by atoms with van der Waals surface area (Å²) in [4.78, 5) is 16.7. The van der Waals surface area contributed by atoms with Gasteiger partial charge in [0.15, 0.2) is 5.82 Å². The van der Waals surface area contributed by atoms with Crippen molar-refractivity contribution >= 4 is 45.6 Å². The maximum Gasteiger partial charge on any atom is 0.416 e. The Balaban J connectivity index is 1.71. The number of nitrogens with zero attached hydrogens (tertiary/aromatic N) is 4. The highest BCUT2D eigenvalue weighted by Crippen LogP contribution is 2.33. The Morgan fingerprint density at radius 1 is 0.862 bits per heavy atom. The molecule has 0 saturated heterocycles. The highest BCUT2D eigenvalue weighted by atomic mass is 35.5. The van der Waals surface area contributed by atoms with Crippen LogP contribution in [-0.2, 0) is 6.18 Å². The molecule has 0 saturated carbocycles. The molecule has 0 atom stereocenters. The number of hydrogen-bond donors (Lipinski definition) is 1. The molecule has 2 heterocycles. The Morgan fingerprint density at radius 3 is 2.31 bits per heavy atom. The third-order valence-electron chi connectivity index (χ3n) is 4.07. The third kappa shape index (κ3) is 4.08. The molecule has 0 bridgehead atoms. The summed E-state index contributed by atoms with van der Waals surface area (Å²) < 4.78 is 38.2. The van der Waals surface area contributed by atoms with Crippen LogP contribution in [0, 0.1) is 0 Å². The third-order valence-corrected chi connectivity index (χ3v) is 4.53. The predicted molar refractivity (Wildman–Crippen MR) is 105 cm³/mol. The highest BCUT2D eigenvalue weighted by molar-refractivity contribution is 6.35. The van der Waals surface area contributed by atoms with Gasteiger partial charge in [-0.1, -0.05) is 17.7 Å². The van der Waals surface area contributed by atoms with Gasteiger partial charge in [-0.15, -0.1) is 0 Å². The van der Waals surface area contributed by atoms with E-state index in [0.29, 0.717) is 33.7 Å². The number of alkyl halides is 3. The summed E-state index contributed by atoms with van der Waals surface area (Å²) >= 11 is 12.0. The number of hydrogen-bond acceptors (Lipinski definition) is 5. The molecule has 2 aromatic carbocycles. The molecule has 1 N–H and O–H groups in total. The first-order valence-electron chi connectivity index (χ1n) is 8.20. The molecule has 29 heavy (non-hydrogen) atoms. The van der Waals surface area contributed by atoms with E-state index in [9.17, 15) is 13.2 Å². The fourth-order valence-electron chi connectivity index (χ4n) is 2.73. The number of rotatable bonds is 3. The van der Waals surface area contributed by atoms with Gasteiger partial charge in [0.1, 0.15) is 10.8 Å². The van der Waals surface area contributed by atoms with Gasteiger partial charge in [-0.3, -0.25) is 4.98 Å². The minimum Gasteiger partial charge on any atom is -0.338 e. The molecule has 0 spiro atoms. The number of anilines is 2. The van der Waals surface area contributed by atoms with Gasteiger partial charge < -0.3 is 5.32 Å². The lowest BCUT2D eigenvalue weighted by Gasteiger charge is -2.12. The Morgan fingerprint density at radius 2 is 1.59 bits per heavy atom. The fourth-order valence-corrected chi connectivity index (χ4v) is 3.19. The summed E-state index contributed by atoms with van der Waals surface area (Å²) in [6.45, 7) is 0. The molecule has 0 aliphatic heterocycles. The van der Waals surface area contributed by atoms with Crippen molar-refractivity contribution in [3.05, 3.63) is 70.9 Å². The summed E-state index contributed by atoms with van der Waals surface area (Å²) in [7, 11) is 0. The molecule has 146 valence electrons. The molecule has 2 aromatic heterocycles. The average molecular weight is 436 g/mol. The van der Waals surface area contributed by atoms with Crippen LogP contribution in [0.2, 0.25) is 10.4 Å². The Bertz CT molecular complexity index is 1200. The molecule has 0 aliphatic rings. The van der Waals surface area contributed by atoms with Gasteiger partial charge >= 0.3 is 6.18 Å². The van der Waals surface area contributed by atoms with Crippen LogP contribution in [0.3, 0.4) is 0 Å². The summed E-state index contributed by atoms with van der Waals surface area (Å²) in [6.07, 6.45) is -1.41. The van der Waals surface area contributed by atoms with Crippen molar-refractivity contribution < 1.29 is 13.2 Å². The van der Waals surface area contributed by atoms with E-state index in [0.717, 1.165) is 12.1 Å². The van der Waals surface area contributed by atoms with Crippen molar-refractivity contribution in [2.75, 3.05) is 5.32 Å². The van der Waals surface area contributed by atoms with E-state index in [4.69, 9.17) is 23.2 Å². The quantitative estimate of drug-likeness (QED) is 0.308. The SMILES string of the molecule is FC(F)(F)c1ccc(Nc2nccnc2-c2ccc3c(Cl)nc(Cl)nc3c2)cc1. The van der Waals surface area contributed by atoms with Crippen LogP contribution in [0.4, 0.5) is 24.7 Å². The first kappa shape index (κ1) is 19.4. The number of nitrogens with one attached hydrogen (secondary N) is 1. The van der Waals surface area contributed by atoms with Crippen molar-refractivity contribution in [2.24, 2.45) is 0 Å². The normalized spacial score (nSPS) is 11.6. The smallest absolute Gasteiger partial charge is 0.338 e. The fraction of sp³-hybridized carbons (Fsp3) is 0.0526. The lowest BCUT2D eigenvalue weighted by molar-refractivity contribution is -0.137. The van der Waals surface area contributed by atoms with Crippen LogP contribution in [0.25, 0.3) is 22.2 Å². The van der Waals surface area contributed by atoms with E-state index in [1.165, 1.54) is 24.5 Å². The van der Waals surface area contributed by atoms with Crippen molar-refractivity contribution in [3.8, 4) is 11.3 Å². The Labute approximate surface area is 172 Å². The summed E-state index contributed by atoms with van der Waals surface area (Å²) in [5.41, 5.74) is 1.39. The molecule has 10 heteroatoms. The molecule has 4 aromatic rings. The minimum absolute atomic E-state index is 0.0156. The van der Waals surface area contributed by atoms with Crippen molar-refractivity contribution in [2.45, 2.75) is 6.18 Å². The second kappa shape index (κ2) is 7.46. The molecule has 0 unspecified atom stereocenters. The first-order chi connectivity index (χ1) is 13.8. The van der Waals surface area contributed by atoms with Gasteiger partial charge in [0, 0.05) is 29.0 Å². The molecular weight excluding hydrogens is 426 g/mol. The van der Waals surface area contributed by atoms with E-state index in [2.05, 4.69) is 25.3 Å². The van der Waals surface area contributed by atoms with E-state index in [-0.39, 0.29) is 10.4 Å². The second-order valence-electron chi connectivity index (χ2n) is 5.97. The molecule has 4 rings (SSSR count). The van der Waals surface area contributed by atoms with E-state index in [1.807, 2.05) is 0 Å². The minimum atomic E-state index is -4.40. The lowest BCUT2D eigenvalue weighted by Crippen LogP contribution is -2.05. The molecular formula is C19H10Cl2F3N5. The molecule has 0 amide bonds. The number of aromatic nitrogens is 4. The average Bonchev–Trinajstić information content (AvgIpc) is 2.67. The maximum absolute atomic E-state index is 12.7. The largest absolute Gasteiger partial charge is 0.416 e. The maximum atomic E-state index is 12.7. The summed E-state index contributed by atoms with van der Waals surface area (Å²) in [6, 6.07) is 9.89. The highest BCUT2D eigenvalue weighted by Gasteiger charge is 2.30. The second-order valence-corrected chi connectivity index (χ2v) is 6.67. The Kier molecular flexibility index (Phi) is 4.97. The van der Waals surface area contributed by atoms with Crippen LogP contribution in [0.5, 0.6) is 0 Å². The Hall–Kier alpha value is -2.97. The van der Waals surface area contributed by atoms with Crippen LogP contribution in [-0.4, -0.2) is 19.9 Å². The van der Waals surface area contributed by atoms with E-state index >= 15 is 0 Å². The van der Waals surface area contributed by atoms with Crippen LogP contribution in [0.15, 0.2) is 54.9 Å². The van der Waals surface area contributed by atoms with Gasteiger partial charge in [0.2, 0.25) is 5.28 Å². The number of benzene rings is 2. The summed E-state index contributed by atoms with van der Waals surface area (Å²) in [5, 5.41) is 3.87. The molecule has 0 radical (unpaired) electrons. The van der Waals surface area contributed by atoms with Crippen LogP contribution < -0.4 is 5.32 Å². The van der Waals surface area contributed by atoms with E-state index < -0.39 is 11.7 Å². The molecule has 0 aliphatic carbocycles. The molecule has 0 fully saturated rings. The van der Waals surface area contributed by atoms with Crippen molar-refractivity contribution in [3.63, 3.8) is 0 Å². The predicted octanol–water partition coefficient (Wildman–Crippen LogP) is 6.16. The van der Waals surface area contributed by atoms with Gasteiger partial charge in [-0.2, -0.15) is 13.2 Å². The van der Waals surface area contributed by atoms with Gasteiger partial charge in [-0.25, -0.2) is 15.0 Å². The van der Waals surface area contributed by atoms with E-state index in [1.54, 1.807) is 18.2 Å². The molecule has 5 nitrogen and oxygen atoms in total. The number of halogens is 5. The lowest BCUT2D eigenvalue weighted by atomic mass is 10.1. The van der Waals surface area contributed by atoms with Gasteiger partial charge in [-0.05, 0) is 48.0 Å². The van der Waals surface area contributed by atoms with Crippen molar-refractivity contribution in [1.29, 1.82) is 0 Å². The van der Waals surface area contributed by atoms with Crippen molar-refractivity contribution in [1.82, 2.24) is 19.9 Å². The monoisotopic (exact) mass is 435 g/mol. The summed E-state index contributed by atoms with van der Waals surface area (Å²) in [5.74, 6) is 0.373. The zero-order valence-corrected chi connectivity index (χ0v) is 15.9. The zero-order valence-electron chi connectivity index (χ0n) is 14.4. The van der Waals surface area contributed by atoms with Gasteiger partial charge in [0.25, 0.3) is 0 Å². The first-order valence-corrected chi connectivity index (χ1v) is 8.95. The van der Waals surface area contributed by atoms with Gasteiger partial charge in [0.05, 0.1) is 11.1 Å². The topological polar surface area (TPSA) is 63.6 Å². The standard InChI is InChI=1S/C19H10Cl2F3N5/c20-16-13-6-1-10(9-14(13)28-18(21)29-16)15-17(26-8-7-25-15)27-12-4-2-11(3-5-12)19(22,23)24/h1-9H,(H,26,27). The van der Waals surface area contributed by atoms with Crippen LogP contribution in [0.1, 0.15) is 5.56 Å². The number of fused-ring (bicyclic) bond motifs is 1. The van der Waals surface area contributed by atoms with Crippen LogP contribution >= 0.6 is 23.2 Å². The zero-order chi connectivity index (χ0) is 20.6.